The highest BCUT2D eigenvalue weighted by Crippen LogP contribution is 2.27. The molecule has 0 fully saturated rings. The van der Waals surface area contributed by atoms with E-state index in [1.807, 2.05) is 20.2 Å². The number of hydrogen-bond donors (Lipinski definition) is 1. The molecule has 14 heavy (non-hydrogen) atoms. The van der Waals surface area contributed by atoms with Crippen molar-refractivity contribution in [2.24, 2.45) is 14.1 Å². The molecule has 0 atom stereocenters. The lowest BCUT2D eigenvalue weighted by molar-refractivity contribution is 0.754. The second-order valence-electron chi connectivity index (χ2n) is 3.04. The van der Waals surface area contributed by atoms with Gasteiger partial charge >= 0.3 is 0 Å². The minimum Gasteiger partial charge on any atom is -0.384 e. The smallest absolute Gasteiger partial charge is 0.122 e. The van der Waals surface area contributed by atoms with Crippen LogP contribution in [0.25, 0.3) is 11.4 Å². The summed E-state index contributed by atoms with van der Waals surface area (Å²) in [4.78, 5) is 0. The Morgan fingerprint density at radius 1 is 1.36 bits per heavy atom. The second kappa shape index (κ2) is 3.13. The van der Waals surface area contributed by atoms with Crippen molar-refractivity contribution in [3.8, 4) is 11.4 Å². The van der Waals surface area contributed by atoms with Gasteiger partial charge in [-0.15, -0.1) is 0 Å². The van der Waals surface area contributed by atoms with Gasteiger partial charge in [0.1, 0.15) is 17.2 Å². The van der Waals surface area contributed by atoms with Gasteiger partial charge in [-0.3, -0.25) is 9.36 Å². The number of aromatic nitrogens is 4. The molecule has 5 nitrogen and oxygen atoms in total. The van der Waals surface area contributed by atoms with Gasteiger partial charge in [0.05, 0.1) is 10.7 Å². The summed E-state index contributed by atoms with van der Waals surface area (Å²) >= 11 is 3.41. The molecule has 0 aliphatic carbocycles. The number of nitrogen functional groups attached to an aromatic ring is 1. The van der Waals surface area contributed by atoms with Crippen molar-refractivity contribution in [3.05, 3.63) is 16.7 Å². The maximum absolute atomic E-state index is 5.70. The van der Waals surface area contributed by atoms with Crippen LogP contribution in [0.15, 0.2) is 16.7 Å². The van der Waals surface area contributed by atoms with Gasteiger partial charge in [-0.1, -0.05) is 0 Å². The fraction of sp³-hybridized carbons (Fsp3) is 0.250. The van der Waals surface area contributed by atoms with Crippen molar-refractivity contribution in [1.29, 1.82) is 0 Å². The molecule has 0 aliphatic rings. The van der Waals surface area contributed by atoms with Crippen LogP contribution in [-0.2, 0) is 14.1 Å². The molecule has 0 unspecified atom stereocenters. The van der Waals surface area contributed by atoms with Gasteiger partial charge in [-0.25, -0.2) is 0 Å². The Labute approximate surface area is 89.6 Å². The molecule has 74 valence electrons. The number of nitrogens with zero attached hydrogens (tertiary/aromatic N) is 4. The van der Waals surface area contributed by atoms with Crippen molar-refractivity contribution in [3.63, 3.8) is 0 Å². The molecule has 2 rings (SSSR count). The number of rotatable bonds is 1. The van der Waals surface area contributed by atoms with Crippen LogP contribution in [0.1, 0.15) is 0 Å². The lowest BCUT2D eigenvalue weighted by atomic mass is 10.3. The Hall–Kier alpha value is -1.30. The molecule has 2 aromatic rings. The number of aryl methyl sites for hydroxylation is 2. The summed E-state index contributed by atoms with van der Waals surface area (Å²) in [6.07, 6.45) is 1.74. The van der Waals surface area contributed by atoms with Crippen molar-refractivity contribution >= 4 is 21.7 Å². The predicted octanol–water partition coefficient (Wildman–Crippen LogP) is 1.17. The fourth-order valence-electron chi connectivity index (χ4n) is 1.30. The summed E-state index contributed by atoms with van der Waals surface area (Å²) in [7, 11) is 3.67. The first-order chi connectivity index (χ1) is 6.59. The van der Waals surface area contributed by atoms with Crippen molar-refractivity contribution in [1.82, 2.24) is 19.6 Å². The first-order valence-corrected chi connectivity index (χ1v) is 4.86. The summed E-state index contributed by atoms with van der Waals surface area (Å²) in [5, 5.41) is 8.39. The fourth-order valence-corrected chi connectivity index (χ4v) is 1.85. The summed E-state index contributed by atoms with van der Waals surface area (Å²) in [6, 6.07) is 1.82. The molecule has 2 aromatic heterocycles. The Kier molecular flexibility index (Phi) is 2.07. The first-order valence-electron chi connectivity index (χ1n) is 4.07. The molecule has 0 saturated carbocycles. The van der Waals surface area contributed by atoms with Gasteiger partial charge in [-0.2, -0.15) is 10.2 Å². The van der Waals surface area contributed by atoms with Crippen LogP contribution >= 0.6 is 15.9 Å². The molecular formula is C8H10BrN5. The molecule has 0 bridgehead atoms. The number of halogens is 1. The van der Waals surface area contributed by atoms with E-state index in [-0.39, 0.29) is 0 Å². The topological polar surface area (TPSA) is 61.7 Å². The van der Waals surface area contributed by atoms with Crippen LogP contribution in [0.3, 0.4) is 0 Å². The van der Waals surface area contributed by atoms with Gasteiger partial charge in [-0.05, 0) is 15.9 Å². The van der Waals surface area contributed by atoms with Crippen LogP contribution in [0, 0.1) is 0 Å². The maximum atomic E-state index is 5.70. The molecule has 6 heteroatoms. The average molecular weight is 256 g/mol. The van der Waals surface area contributed by atoms with E-state index >= 15 is 0 Å². The Balaban J connectivity index is 2.59. The number of nitrogens with two attached hydrogens (primary N) is 1. The maximum Gasteiger partial charge on any atom is 0.122 e. The lowest BCUT2D eigenvalue weighted by Gasteiger charge is -1.97. The molecule has 0 spiro atoms. The highest BCUT2D eigenvalue weighted by molar-refractivity contribution is 9.10. The zero-order valence-corrected chi connectivity index (χ0v) is 9.48. The van der Waals surface area contributed by atoms with E-state index in [0.29, 0.717) is 5.82 Å². The van der Waals surface area contributed by atoms with Crippen LogP contribution in [0.5, 0.6) is 0 Å². The molecule has 2 heterocycles. The third-order valence-corrected chi connectivity index (χ3v) is 2.63. The number of anilines is 1. The standard InChI is InChI=1S/C8H10BrN5/c1-13-7(10)3-6(12-13)8-5(9)4-11-14(8)2/h3-4H,10H2,1-2H3. The zero-order valence-electron chi connectivity index (χ0n) is 7.90. The molecule has 0 amide bonds. The minimum absolute atomic E-state index is 0.633. The zero-order chi connectivity index (χ0) is 10.3. The summed E-state index contributed by atoms with van der Waals surface area (Å²) in [5.74, 6) is 0.633. The van der Waals surface area contributed by atoms with Gasteiger partial charge < -0.3 is 5.73 Å². The SMILES string of the molecule is Cn1nc(-c2c(Br)cnn2C)cc1N. The van der Waals surface area contributed by atoms with E-state index in [1.165, 1.54) is 0 Å². The predicted molar refractivity (Wildman–Crippen MR) is 57.5 cm³/mol. The number of hydrogen-bond acceptors (Lipinski definition) is 3. The van der Waals surface area contributed by atoms with E-state index in [0.717, 1.165) is 15.9 Å². The lowest BCUT2D eigenvalue weighted by Crippen LogP contribution is -1.97. The minimum atomic E-state index is 0.633. The Morgan fingerprint density at radius 3 is 2.50 bits per heavy atom. The normalized spacial score (nSPS) is 10.8. The Morgan fingerprint density at radius 2 is 2.07 bits per heavy atom. The van der Waals surface area contributed by atoms with E-state index in [2.05, 4.69) is 26.1 Å². The quantitative estimate of drug-likeness (QED) is 0.832. The highest BCUT2D eigenvalue weighted by Gasteiger charge is 2.12. The first kappa shape index (κ1) is 9.26. The van der Waals surface area contributed by atoms with E-state index in [9.17, 15) is 0 Å². The summed E-state index contributed by atoms with van der Waals surface area (Å²) < 4.78 is 4.30. The van der Waals surface area contributed by atoms with Gasteiger partial charge in [0, 0.05) is 20.2 Å². The monoisotopic (exact) mass is 255 g/mol. The van der Waals surface area contributed by atoms with Gasteiger partial charge in [0.25, 0.3) is 0 Å². The largest absolute Gasteiger partial charge is 0.384 e. The third-order valence-electron chi connectivity index (χ3n) is 2.05. The van der Waals surface area contributed by atoms with E-state index in [4.69, 9.17) is 5.73 Å². The summed E-state index contributed by atoms with van der Waals surface area (Å²) in [6.45, 7) is 0. The van der Waals surface area contributed by atoms with E-state index < -0.39 is 0 Å². The second-order valence-corrected chi connectivity index (χ2v) is 3.90. The van der Waals surface area contributed by atoms with E-state index in [1.54, 1.807) is 15.6 Å². The Bertz CT molecular complexity index is 431. The van der Waals surface area contributed by atoms with Crippen molar-refractivity contribution in [2.45, 2.75) is 0 Å². The molecular weight excluding hydrogens is 246 g/mol. The molecule has 0 saturated heterocycles. The summed E-state index contributed by atoms with van der Waals surface area (Å²) in [5.41, 5.74) is 7.45. The van der Waals surface area contributed by atoms with Gasteiger partial charge in [0.2, 0.25) is 0 Å². The van der Waals surface area contributed by atoms with Crippen molar-refractivity contribution < 1.29 is 0 Å². The van der Waals surface area contributed by atoms with Crippen LogP contribution in [-0.4, -0.2) is 19.6 Å². The highest BCUT2D eigenvalue weighted by atomic mass is 79.9. The van der Waals surface area contributed by atoms with Crippen molar-refractivity contribution in [2.75, 3.05) is 5.73 Å². The molecule has 0 aromatic carbocycles. The van der Waals surface area contributed by atoms with Crippen LogP contribution in [0.2, 0.25) is 0 Å². The average Bonchev–Trinajstić information content (AvgIpc) is 2.59. The third kappa shape index (κ3) is 1.31. The molecule has 0 radical (unpaired) electrons. The molecule has 2 N–H and O–H groups in total. The van der Waals surface area contributed by atoms with Gasteiger partial charge in [0.15, 0.2) is 0 Å². The van der Waals surface area contributed by atoms with Crippen LogP contribution < -0.4 is 5.73 Å². The molecule has 0 aliphatic heterocycles. The van der Waals surface area contributed by atoms with Crippen LogP contribution in [0.4, 0.5) is 5.82 Å².